The van der Waals surface area contributed by atoms with Crippen LogP contribution < -0.4 is 9.80 Å². The fraction of sp³-hybridized carbons (Fsp3) is 0.571. The minimum atomic E-state index is 0.190. The SMILES string of the molecule is O=C1CC(CBr)CN1c1ccc(N2CCOCC2)nc1. The fourth-order valence-electron chi connectivity index (χ4n) is 2.65. The Labute approximate surface area is 127 Å². The van der Waals surface area contributed by atoms with Crippen LogP contribution in [-0.4, -0.2) is 49.1 Å². The van der Waals surface area contributed by atoms with E-state index in [1.54, 1.807) is 6.20 Å². The lowest BCUT2D eigenvalue weighted by atomic mass is 10.2. The van der Waals surface area contributed by atoms with Crippen LogP contribution in [0.25, 0.3) is 0 Å². The summed E-state index contributed by atoms with van der Waals surface area (Å²) in [4.78, 5) is 20.5. The van der Waals surface area contributed by atoms with E-state index in [-0.39, 0.29) is 5.91 Å². The number of amides is 1. The van der Waals surface area contributed by atoms with Crippen molar-refractivity contribution in [1.82, 2.24) is 4.98 Å². The molecular weight excluding hydrogens is 322 g/mol. The number of pyridine rings is 1. The van der Waals surface area contributed by atoms with Gasteiger partial charge >= 0.3 is 0 Å². The molecule has 1 unspecified atom stereocenters. The van der Waals surface area contributed by atoms with Crippen LogP contribution in [0.15, 0.2) is 18.3 Å². The van der Waals surface area contributed by atoms with Crippen LogP contribution >= 0.6 is 15.9 Å². The number of anilines is 2. The van der Waals surface area contributed by atoms with Crippen LogP contribution in [0.1, 0.15) is 6.42 Å². The number of halogens is 1. The van der Waals surface area contributed by atoms with Gasteiger partial charge in [-0.1, -0.05) is 15.9 Å². The molecule has 1 atom stereocenters. The maximum absolute atomic E-state index is 12.0. The van der Waals surface area contributed by atoms with Gasteiger partial charge < -0.3 is 14.5 Å². The molecule has 2 aliphatic heterocycles. The number of rotatable bonds is 3. The molecule has 1 amide bonds. The zero-order valence-corrected chi connectivity index (χ0v) is 12.9. The van der Waals surface area contributed by atoms with Crippen molar-refractivity contribution < 1.29 is 9.53 Å². The highest BCUT2D eigenvalue weighted by Crippen LogP contribution is 2.26. The number of alkyl halides is 1. The second-order valence-electron chi connectivity index (χ2n) is 5.20. The highest BCUT2D eigenvalue weighted by atomic mass is 79.9. The molecule has 20 heavy (non-hydrogen) atoms. The van der Waals surface area contributed by atoms with E-state index in [9.17, 15) is 4.79 Å². The Bertz CT molecular complexity index is 474. The van der Waals surface area contributed by atoms with Gasteiger partial charge in [0.25, 0.3) is 0 Å². The fourth-order valence-corrected chi connectivity index (χ4v) is 3.09. The van der Waals surface area contributed by atoms with Crippen molar-refractivity contribution in [2.45, 2.75) is 6.42 Å². The van der Waals surface area contributed by atoms with Crippen LogP contribution in [-0.2, 0) is 9.53 Å². The molecule has 1 aromatic heterocycles. The molecular formula is C14H18BrN3O2. The molecule has 0 aliphatic carbocycles. The number of nitrogens with zero attached hydrogens (tertiary/aromatic N) is 3. The number of aromatic nitrogens is 1. The predicted molar refractivity (Wildman–Crippen MR) is 81.5 cm³/mol. The Balaban J connectivity index is 1.71. The molecule has 0 radical (unpaired) electrons. The van der Waals surface area contributed by atoms with Gasteiger partial charge in [-0.15, -0.1) is 0 Å². The summed E-state index contributed by atoms with van der Waals surface area (Å²) in [5.74, 6) is 1.55. The molecule has 0 bridgehead atoms. The second kappa shape index (κ2) is 6.10. The smallest absolute Gasteiger partial charge is 0.227 e. The molecule has 3 rings (SSSR count). The lowest BCUT2D eigenvalue weighted by Crippen LogP contribution is -2.36. The lowest BCUT2D eigenvalue weighted by Gasteiger charge is -2.28. The van der Waals surface area contributed by atoms with Crippen molar-refractivity contribution >= 4 is 33.3 Å². The maximum Gasteiger partial charge on any atom is 0.227 e. The molecule has 0 N–H and O–H groups in total. The van der Waals surface area contributed by atoms with Crippen LogP contribution in [0, 0.1) is 5.92 Å². The zero-order chi connectivity index (χ0) is 13.9. The van der Waals surface area contributed by atoms with E-state index >= 15 is 0 Å². The lowest BCUT2D eigenvalue weighted by molar-refractivity contribution is -0.117. The summed E-state index contributed by atoms with van der Waals surface area (Å²) in [5, 5.41) is 0.870. The Morgan fingerprint density at radius 2 is 2.15 bits per heavy atom. The number of carbonyl (C=O) groups excluding carboxylic acids is 1. The summed E-state index contributed by atoms with van der Waals surface area (Å²) in [6.45, 7) is 4.03. The van der Waals surface area contributed by atoms with Gasteiger partial charge in [0.1, 0.15) is 5.82 Å². The third kappa shape index (κ3) is 2.81. The Kier molecular flexibility index (Phi) is 4.21. The third-order valence-electron chi connectivity index (χ3n) is 3.80. The Morgan fingerprint density at radius 1 is 1.35 bits per heavy atom. The molecule has 2 fully saturated rings. The van der Waals surface area contributed by atoms with Crippen LogP contribution in [0.4, 0.5) is 11.5 Å². The summed E-state index contributed by atoms with van der Waals surface area (Å²) in [5.41, 5.74) is 0.899. The van der Waals surface area contributed by atoms with Crippen molar-refractivity contribution in [3.8, 4) is 0 Å². The van der Waals surface area contributed by atoms with Crippen LogP contribution in [0.5, 0.6) is 0 Å². The first-order valence-electron chi connectivity index (χ1n) is 6.93. The van der Waals surface area contributed by atoms with Gasteiger partial charge in [0.05, 0.1) is 25.1 Å². The van der Waals surface area contributed by atoms with Gasteiger partial charge in [-0.05, 0) is 18.1 Å². The van der Waals surface area contributed by atoms with E-state index in [4.69, 9.17) is 4.74 Å². The molecule has 0 aromatic carbocycles. The highest BCUT2D eigenvalue weighted by Gasteiger charge is 2.30. The summed E-state index contributed by atoms with van der Waals surface area (Å²) < 4.78 is 5.34. The number of morpholine rings is 1. The molecule has 2 aliphatic rings. The Morgan fingerprint density at radius 3 is 2.75 bits per heavy atom. The molecule has 3 heterocycles. The molecule has 0 spiro atoms. The highest BCUT2D eigenvalue weighted by molar-refractivity contribution is 9.09. The van der Waals surface area contributed by atoms with Gasteiger partial charge in [0.15, 0.2) is 0 Å². The minimum Gasteiger partial charge on any atom is -0.378 e. The van der Waals surface area contributed by atoms with Crippen molar-refractivity contribution in [1.29, 1.82) is 0 Å². The summed E-state index contributed by atoms with van der Waals surface area (Å²) in [6, 6.07) is 3.99. The van der Waals surface area contributed by atoms with Crippen molar-refractivity contribution in [3.63, 3.8) is 0 Å². The van der Waals surface area contributed by atoms with E-state index in [2.05, 4.69) is 25.8 Å². The van der Waals surface area contributed by atoms with E-state index in [0.717, 1.165) is 49.7 Å². The van der Waals surface area contributed by atoms with E-state index in [1.807, 2.05) is 17.0 Å². The maximum atomic E-state index is 12.0. The normalized spacial score (nSPS) is 23.4. The second-order valence-corrected chi connectivity index (χ2v) is 5.85. The van der Waals surface area contributed by atoms with Gasteiger partial charge in [-0.2, -0.15) is 0 Å². The van der Waals surface area contributed by atoms with Crippen molar-refractivity contribution in [3.05, 3.63) is 18.3 Å². The topological polar surface area (TPSA) is 45.7 Å². The first-order valence-corrected chi connectivity index (χ1v) is 8.05. The summed E-state index contributed by atoms with van der Waals surface area (Å²) >= 11 is 3.45. The molecule has 5 nitrogen and oxygen atoms in total. The summed E-state index contributed by atoms with van der Waals surface area (Å²) in [6.07, 6.45) is 2.43. The van der Waals surface area contributed by atoms with Gasteiger partial charge in [-0.25, -0.2) is 4.98 Å². The molecule has 6 heteroatoms. The van der Waals surface area contributed by atoms with Gasteiger partial charge in [0.2, 0.25) is 5.91 Å². The monoisotopic (exact) mass is 339 g/mol. The third-order valence-corrected chi connectivity index (χ3v) is 4.72. The average molecular weight is 340 g/mol. The minimum absolute atomic E-state index is 0.190. The number of hydrogen-bond acceptors (Lipinski definition) is 4. The molecule has 1 aromatic rings. The van der Waals surface area contributed by atoms with Crippen molar-refractivity contribution in [2.24, 2.45) is 5.92 Å². The van der Waals surface area contributed by atoms with Crippen LogP contribution in [0.3, 0.4) is 0 Å². The van der Waals surface area contributed by atoms with Crippen LogP contribution in [0.2, 0.25) is 0 Å². The van der Waals surface area contributed by atoms with E-state index in [1.165, 1.54) is 0 Å². The number of hydrogen-bond donors (Lipinski definition) is 0. The first kappa shape index (κ1) is 13.8. The van der Waals surface area contributed by atoms with Gasteiger partial charge in [-0.3, -0.25) is 4.79 Å². The van der Waals surface area contributed by atoms with Gasteiger partial charge in [0, 0.05) is 31.4 Å². The Hall–Kier alpha value is -1.14. The molecule has 2 saturated heterocycles. The van der Waals surface area contributed by atoms with E-state index in [0.29, 0.717) is 12.3 Å². The predicted octanol–water partition coefficient (Wildman–Crippen LogP) is 1.67. The largest absolute Gasteiger partial charge is 0.378 e. The quantitative estimate of drug-likeness (QED) is 0.786. The number of ether oxygens (including phenoxy) is 1. The molecule has 108 valence electrons. The first-order chi connectivity index (χ1) is 9.78. The average Bonchev–Trinajstić information content (AvgIpc) is 2.89. The molecule has 0 saturated carbocycles. The summed E-state index contributed by atoms with van der Waals surface area (Å²) in [7, 11) is 0. The van der Waals surface area contributed by atoms with E-state index < -0.39 is 0 Å². The zero-order valence-electron chi connectivity index (χ0n) is 11.3. The van der Waals surface area contributed by atoms with Crippen molar-refractivity contribution in [2.75, 3.05) is 48.0 Å². The standard InChI is InChI=1S/C14H18BrN3O2/c15-8-11-7-14(19)18(10-11)12-1-2-13(16-9-12)17-3-5-20-6-4-17/h1-2,9,11H,3-8,10H2. The number of carbonyl (C=O) groups is 1.